The van der Waals surface area contributed by atoms with E-state index in [4.69, 9.17) is 5.11 Å². The molecule has 1 aliphatic carbocycles. The topological polar surface area (TPSA) is 47.9 Å². The summed E-state index contributed by atoms with van der Waals surface area (Å²) in [5, 5.41) is 8.94. The van der Waals surface area contributed by atoms with Crippen LogP contribution in [0.1, 0.15) is 19.3 Å². The van der Waals surface area contributed by atoms with E-state index in [9.17, 15) is 0 Å². The van der Waals surface area contributed by atoms with E-state index in [0.29, 0.717) is 6.04 Å². The highest BCUT2D eigenvalue weighted by Gasteiger charge is 2.23. The molecule has 0 spiro atoms. The van der Waals surface area contributed by atoms with Crippen LogP contribution in [0.3, 0.4) is 0 Å². The molecule has 1 saturated carbocycles. The molecule has 0 aliphatic heterocycles. The third kappa shape index (κ3) is 1.62. The first-order valence-electron chi connectivity index (χ1n) is 2.82. The van der Waals surface area contributed by atoms with Crippen molar-refractivity contribution in [2.75, 3.05) is 0 Å². The normalized spacial score (nSPS) is 36.8. The molecule has 1 fully saturated rings. The van der Waals surface area contributed by atoms with Crippen LogP contribution in [0, 0.1) is 0 Å². The molecule has 0 heterocycles. The smallest absolute Gasteiger partial charge is 0.111 e. The standard InChI is InChI=1S/C5H11NO.ClH/c6-4-2-1-3-5(4)7;/h4-5,7H,1-3,6H2;1H/t4-,5-;/m0./s1. The summed E-state index contributed by atoms with van der Waals surface area (Å²) in [6.45, 7) is 0. The van der Waals surface area contributed by atoms with Crippen molar-refractivity contribution in [2.45, 2.75) is 31.4 Å². The number of halogens is 1. The molecule has 0 amide bonds. The van der Waals surface area contributed by atoms with Crippen molar-refractivity contribution in [3.05, 3.63) is 0 Å². The highest BCUT2D eigenvalue weighted by atomic mass is 35.5. The Labute approximate surface area is 55.5 Å². The van der Waals surface area contributed by atoms with E-state index in [1.54, 1.807) is 0 Å². The van der Waals surface area contributed by atoms with E-state index in [0.717, 1.165) is 19.3 Å². The van der Waals surface area contributed by atoms with Crippen molar-refractivity contribution in [1.82, 2.24) is 0 Å². The Kier molecular flexibility index (Phi) is 3.36. The lowest BCUT2D eigenvalue weighted by molar-refractivity contribution is -0.432. The molecule has 3 heteroatoms. The van der Waals surface area contributed by atoms with E-state index in [1.807, 2.05) is 0 Å². The van der Waals surface area contributed by atoms with Gasteiger partial charge in [-0.05, 0) is 12.8 Å². The zero-order valence-corrected chi connectivity index (χ0v) is 5.56. The van der Waals surface area contributed by atoms with Crippen LogP contribution in [-0.4, -0.2) is 17.3 Å². The van der Waals surface area contributed by atoms with Crippen LogP contribution in [0.15, 0.2) is 0 Å². The predicted molar refractivity (Wildman–Crippen MR) is 26.5 cm³/mol. The molecule has 0 bridgehead atoms. The average molecular weight is 138 g/mol. The van der Waals surface area contributed by atoms with Crippen molar-refractivity contribution in [2.24, 2.45) is 0 Å². The summed E-state index contributed by atoms with van der Waals surface area (Å²) >= 11 is 0. The predicted octanol–water partition coefficient (Wildman–Crippen LogP) is -3.85. The molecule has 1 rings (SSSR count). The molecule has 0 aromatic heterocycles. The first kappa shape index (κ1) is 8.21. The molecule has 4 N–H and O–H groups in total. The Balaban J connectivity index is 0.000000490. The Hall–Kier alpha value is 0.210. The van der Waals surface area contributed by atoms with E-state index in [-0.39, 0.29) is 18.5 Å². The van der Waals surface area contributed by atoms with Gasteiger partial charge in [-0.15, -0.1) is 0 Å². The average Bonchev–Trinajstić information content (AvgIpc) is 1.91. The summed E-state index contributed by atoms with van der Waals surface area (Å²) in [6.07, 6.45) is 3.14. The lowest BCUT2D eigenvalue weighted by Crippen LogP contribution is -3.00. The van der Waals surface area contributed by atoms with E-state index < -0.39 is 0 Å². The summed E-state index contributed by atoms with van der Waals surface area (Å²) in [6, 6.07) is 0.319. The summed E-state index contributed by atoms with van der Waals surface area (Å²) in [5.41, 5.74) is 3.77. The molecular formula is C5H12ClNO. The van der Waals surface area contributed by atoms with Gasteiger partial charge >= 0.3 is 0 Å². The maximum absolute atomic E-state index is 8.94. The molecule has 1 aliphatic rings. The fraction of sp³-hybridized carbons (Fsp3) is 1.00. The van der Waals surface area contributed by atoms with Crippen LogP contribution in [0.5, 0.6) is 0 Å². The summed E-state index contributed by atoms with van der Waals surface area (Å²) in [5.74, 6) is 0. The minimum Gasteiger partial charge on any atom is -1.00 e. The van der Waals surface area contributed by atoms with E-state index in [1.165, 1.54) is 0 Å². The van der Waals surface area contributed by atoms with Gasteiger partial charge in [-0.1, -0.05) is 0 Å². The lowest BCUT2D eigenvalue weighted by atomic mass is 10.2. The Morgan fingerprint density at radius 1 is 1.38 bits per heavy atom. The minimum absolute atomic E-state index is 0. The van der Waals surface area contributed by atoms with Gasteiger partial charge in [0.15, 0.2) is 0 Å². The number of aliphatic hydroxyl groups excluding tert-OH is 1. The largest absolute Gasteiger partial charge is 1.00 e. The van der Waals surface area contributed by atoms with E-state index in [2.05, 4.69) is 5.73 Å². The maximum Gasteiger partial charge on any atom is 0.111 e. The van der Waals surface area contributed by atoms with Gasteiger partial charge in [0.1, 0.15) is 12.1 Å². The van der Waals surface area contributed by atoms with Crippen LogP contribution in [0.2, 0.25) is 0 Å². The van der Waals surface area contributed by atoms with Gasteiger partial charge in [-0.3, -0.25) is 0 Å². The molecule has 8 heavy (non-hydrogen) atoms. The number of hydrogen-bond acceptors (Lipinski definition) is 1. The molecule has 0 aromatic carbocycles. The van der Waals surface area contributed by atoms with Crippen molar-refractivity contribution < 1.29 is 23.2 Å². The summed E-state index contributed by atoms with van der Waals surface area (Å²) in [4.78, 5) is 0. The van der Waals surface area contributed by atoms with Crippen LogP contribution < -0.4 is 18.1 Å². The van der Waals surface area contributed by atoms with E-state index >= 15 is 0 Å². The van der Waals surface area contributed by atoms with Crippen molar-refractivity contribution in [3.8, 4) is 0 Å². The van der Waals surface area contributed by atoms with Crippen molar-refractivity contribution in [3.63, 3.8) is 0 Å². The monoisotopic (exact) mass is 137 g/mol. The van der Waals surface area contributed by atoms with Gasteiger partial charge in [0.2, 0.25) is 0 Å². The molecule has 0 radical (unpaired) electrons. The van der Waals surface area contributed by atoms with Gasteiger partial charge in [0, 0.05) is 6.42 Å². The van der Waals surface area contributed by atoms with Gasteiger partial charge in [0.25, 0.3) is 0 Å². The molecule has 0 aromatic rings. The number of quaternary nitrogens is 1. The highest BCUT2D eigenvalue weighted by molar-refractivity contribution is 4.73. The number of hydrogen-bond donors (Lipinski definition) is 2. The molecular weight excluding hydrogens is 126 g/mol. The molecule has 50 valence electrons. The fourth-order valence-electron chi connectivity index (χ4n) is 1.02. The zero-order chi connectivity index (χ0) is 5.28. The van der Waals surface area contributed by atoms with Gasteiger partial charge in [-0.2, -0.15) is 0 Å². The third-order valence-electron chi connectivity index (χ3n) is 1.62. The van der Waals surface area contributed by atoms with Crippen LogP contribution in [0.25, 0.3) is 0 Å². The Morgan fingerprint density at radius 3 is 2.12 bits per heavy atom. The lowest BCUT2D eigenvalue weighted by Gasteiger charge is -2.00. The van der Waals surface area contributed by atoms with Crippen molar-refractivity contribution in [1.29, 1.82) is 0 Å². The number of aliphatic hydroxyl groups is 1. The van der Waals surface area contributed by atoms with Crippen LogP contribution in [0.4, 0.5) is 0 Å². The molecule has 2 atom stereocenters. The van der Waals surface area contributed by atoms with Crippen molar-refractivity contribution >= 4 is 0 Å². The first-order valence-corrected chi connectivity index (χ1v) is 2.82. The second-order valence-corrected chi connectivity index (χ2v) is 2.26. The SMILES string of the molecule is [Cl-].[NH3+][C@H]1CCC[C@@H]1O. The third-order valence-corrected chi connectivity index (χ3v) is 1.62. The minimum atomic E-state index is -0.0972. The van der Waals surface area contributed by atoms with Gasteiger partial charge in [-0.25, -0.2) is 0 Å². The second kappa shape index (κ2) is 3.28. The van der Waals surface area contributed by atoms with Gasteiger partial charge in [0.05, 0.1) is 0 Å². The quantitative estimate of drug-likeness (QED) is 0.353. The second-order valence-electron chi connectivity index (χ2n) is 2.26. The summed E-state index contributed by atoms with van der Waals surface area (Å²) in [7, 11) is 0. The zero-order valence-electron chi connectivity index (χ0n) is 4.81. The number of rotatable bonds is 0. The van der Waals surface area contributed by atoms with Crippen LogP contribution >= 0.6 is 0 Å². The van der Waals surface area contributed by atoms with Gasteiger partial charge < -0.3 is 23.2 Å². The molecule has 2 nitrogen and oxygen atoms in total. The molecule has 0 saturated heterocycles. The fourth-order valence-corrected chi connectivity index (χ4v) is 1.02. The molecule has 0 unspecified atom stereocenters. The Morgan fingerprint density at radius 2 is 2.00 bits per heavy atom. The summed E-state index contributed by atoms with van der Waals surface area (Å²) < 4.78 is 0. The van der Waals surface area contributed by atoms with Crippen LogP contribution in [-0.2, 0) is 0 Å². The first-order chi connectivity index (χ1) is 3.30. The highest BCUT2D eigenvalue weighted by Crippen LogP contribution is 2.14. The maximum atomic E-state index is 8.94. The Bertz CT molecular complexity index is 61.4.